The summed E-state index contributed by atoms with van der Waals surface area (Å²) in [6, 6.07) is 3.93. The van der Waals surface area contributed by atoms with Crippen LogP contribution in [0.5, 0.6) is 0 Å². The first-order chi connectivity index (χ1) is 6.97. The molecule has 1 aromatic rings. The van der Waals surface area contributed by atoms with E-state index >= 15 is 0 Å². The van der Waals surface area contributed by atoms with Crippen molar-refractivity contribution in [3.8, 4) is 6.07 Å². The maximum Gasteiger partial charge on any atom is 0.337 e. The number of hydrogen-bond donors (Lipinski definition) is 1. The maximum absolute atomic E-state index is 10.7. The number of carbonyl (C=O) groups is 1. The fourth-order valence-corrected chi connectivity index (χ4v) is 1.20. The van der Waals surface area contributed by atoms with Gasteiger partial charge in [0.25, 0.3) is 5.69 Å². The lowest BCUT2D eigenvalue weighted by Gasteiger charge is -2.01. The normalized spacial score (nSPS) is 9.33. The summed E-state index contributed by atoms with van der Waals surface area (Å²) in [4.78, 5) is 20.5. The first-order valence-corrected chi connectivity index (χ1v) is 3.89. The Morgan fingerprint density at radius 2 is 2.20 bits per heavy atom. The molecule has 0 aromatic heterocycles. The van der Waals surface area contributed by atoms with Crippen LogP contribution in [-0.4, -0.2) is 16.0 Å². The molecule has 0 saturated carbocycles. The second kappa shape index (κ2) is 3.75. The number of nitrogens with zero attached hydrogens (tertiary/aromatic N) is 2. The van der Waals surface area contributed by atoms with E-state index in [9.17, 15) is 14.9 Å². The summed E-state index contributed by atoms with van der Waals surface area (Å²) in [5.41, 5.74) is -0.810. The van der Waals surface area contributed by atoms with E-state index < -0.39 is 22.1 Å². The predicted molar refractivity (Wildman–Crippen MR) is 49.5 cm³/mol. The highest BCUT2D eigenvalue weighted by Gasteiger charge is 2.22. The van der Waals surface area contributed by atoms with Gasteiger partial charge in [-0.05, 0) is 18.6 Å². The van der Waals surface area contributed by atoms with Crippen molar-refractivity contribution in [2.45, 2.75) is 6.92 Å². The van der Waals surface area contributed by atoms with Gasteiger partial charge in [-0.1, -0.05) is 0 Å². The molecule has 0 heterocycles. The smallest absolute Gasteiger partial charge is 0.337 e. The molecule has 0 saturated heterocycles. The minimum Gasteiger partial charge on any atom is -0.478 e. The van der Waals surface area contributed by atoms with Crippen LogP contribution in [0.4, 0.5) is 5.69 Å². The Labute approximate surface area is 84.5 Å². The highest BCUT2D eigenvalue weighted by atomic mass is 16.6. The van der Waals surface area contributed by atoms with E-state index in [4.69, 9.17) is 10.4 Å². The molecular formula is C9H6N2O4. The van der Waals surface area contributed by atoms with Gasteiger partial charge >= 0.3 is 5.97 Å². The number of benzene rings is 1. The molecule has 0 aliphatic heterocycles. The van der Waals surface area contributed by atoms with Crippen molar-refractivity contribution in [1.29, 1.82) is 5.26 Å². The van der Waals surface area contributed by atoms with Crippen molar-refractivity contribution in [3.05, 3.63) is 38.9 Å². The number of nitro groups is 1. The first kappa shape index (κ1) is 10.7. The summed E-state index contributed by atoms with van der Waals surface area (Å²) >= 11 is 0. The van der Waals surface area contributed by atoms with E-state index in [0.717, 1.165) is 0 Å². The average molecular weight is 206 g/mol. The molecule has 0 spiro atoms. The van der Waals surface area contributed by atoms with Crippen molar-refractivity contribution in [2.75, 3.05) is 0 Å². The highest BCUT2D eigenvalue weighted by molar-refractivity contribution is 5.92. The molecule has 76 valence electrons. The number of rotatable bonds is 2. The lowest BCUT2D eigenvalue weighted by molar-refractivity contribution is -0.385. The molecule has 0 fully saturated rings. The third kappa shape index (κ3) is 1.91. The molecule has 1 N–H and O–H groups in total. The summed E-state index contributed by atoms with van der Waals surface area (Å²) < 4.78 is 0. The Morgan fingerprint density at radius 3 is 2.60 bits per heavy atom. The molecule has 0 aliphatic carbocycles. The first-order valence-electron chi connectivity index (χ1n) is 3.89. The van der Waals surface area contributed by atoms with Crippen molar-refractivity contribution in [3.63, 3.8) is 0 Å². The van der Waals surface area contributed by atoms with Crippen LogP contribution >= 0.6 is 0 Å². The third-order valence-electron chi connectivity index (χ3n) is 1.80. The largest absolute Gasteiger partial charge is 0.478 e. The molecule has 1 aromatic carbocycles. The molecular weight excluding hydrogens is 200 g/mol. The maximum atomic E-state index is 10.7. The number of aromatic carboxylic acids is 1. The Bertz CT molecular complexity index is 452. The monoisotopic (exact) mass is 206 g/mol. The quantitative estimate of drug-likeness (QED) is 0.582. The second-order valence-electron chi connectivity index (χ2n) is 2.88. The molecule has 0 bridgehead atoms. The minimum atomic E-state index is -1.35. The zero-order chi connectivity index (χ0) is 11.6. The van der Waals surface area contributed by atoms with Crippen molar-refractivity contribution in [2.24, 2.45) is 0 Å². The van der Waals surface area contributed by atoms with Gasteiger partial charge in [0, 0.05) is 6.07 Å². The van der Waals surface area contributed by atoms with Crippen LogP contribution in [0.25, 0.3) is 0 Å². The van der Waals surface area contributed by atoms with Crippen LogP contribution < -0.4 is 0 Å². The Morgan fingerprint density at radius 1 is 1.60 bits per heavy atom. The number of aryl methyl sites for hydroxylation is 1. The molecule has 1 rings (SSSR count). The van der Waals surface area contributed by atoms with Crippen molar-refractivity contribution in [1.82, 2.24) is 0 Å². The van der Waals surface area contributed by atoms with Gasteiger partial charge in [-0.2, -0.15) is 5.26 Å². The molecule has 6 nitrogen and oxygen atoms in total. The van der Waals surface area contributed by atoms with Gasteiger partial charge in [0.1, 0.15) is 11.6 Å². The van der Waals surface area contributed by atoms with Crippen molar-refractivity contribution >= 4 is 11.7 Å². The molecule has 15 heavy (non-hydrogen) atoms. The van der Waals surface area contributed by atoms with E-state index in [1.165, 1.54) is 25.1 Å². The second-order valence-corrected chi connectivity index (χ2v) is 2.88. The number of carboxylic acids is 1. The zero-order valence-corrected chi connectivity index (χ0v) is 7.72. The summed E-state index contributed by atoms with van der Waals surface area (Å²) in [6.07, 6.45) is 0. The Hall–Kier alpha value is -2.42. The van der Waals surface area contributed by atoms with Gasteiger partial charge in [-0.3, -0.25) is 10.1 Å². The lowest BCUT2D eigenvalue weighted by Crippen LogP contribution is -2.04. The summed E-state index contributed by atoms with van der Waals surface area (Å²) in [7, 11) is 0. The third-order valence-corrected chi connectivity index (χ3v) is 1.80. The average Bonchev–Trinajstić information content (AvgIpc) is 2.16. The van der Waals surface area contributed by atoms with Gasteiger partial charge in [-0.15, -0.1) is 0 Å². The van der Waals surface area contributed by atoms with E-state index in [-0.39, 0.29) is 5.56 Å². The van der Waals surface area contributed by atoms with Crippen LogP contribution in [0.1, 0.15) is 21.5 Å². The number of nitriles is 1. The van der Waals surface area contributed by atoms with Crippen LogP contribution in [0.2, 0.25) is 0 Å². The standard InChI is InChI=1S/C9H6N2O4/c1-5-2-6(9(12)13)7(4-10)8(3-5)11(14)15/h2-3H,1H3,(H,12,13). The van der Waals surface area contributed by atoms with Gasteiger partial charge < -0.3 is 5.11 Å². The van der Waals surface area contributed by atoms with Crippen LogP contribution in [-0.2, 0) is 0 Å². The van der Waals surface area contributed by atoms with E-state index in [0.29, 0.717) is 5.56 Å². The number of hydrogen-bond acceptors (Lipinski definition) is 4. The highest BCUT2D eigenvalue weighted by Crippen LogP contribution is 2.23. The summed E-state index contributed by atoms with van der Waals surface area (Å²) in [5, 5.41) is 28.0. The number of nitro benzene ring substituents is 1. The van der Waals surface area contributed by atoms with Gasteiger partial charge in [0.2, 0.25) is 0 Å². The zero-order valence-electron chi connectivity index (χ0n) is 7.72. The van der Waals surface area contributed by atoms with Crippen molar-refractivity contribution < 1.29 is 14.8 Å². The fraction of sp³-hybridized carbons (Fsp3) is 0.111. The SMILES string of the molecule is Cc1cc(C(=O)O)c(C#N)c([N+](=O)[O-])c1. The minimum absolute atomic E-state index is 0.343. The molecule has 0 unspecified atom stereocenters. The summed E-state index contributed by atoms with van der Waals surface area (Å²) in [5.74, 6) is -1.35. The molecule has 0 aliphatic rings. The van der Waals surface area contributed by atoms with Crippen LogP contribution in [0.3, 0.4) is 0 Å². The molecule has 0 radical (unpaired) electrons. The van der Waals surface area contributed by atoms with E-state index in [2.05, 4.69) is 0 Å². The van der Waals surface area contributed by atoms with Gasteiger partial charge in [-0.25, -0.2) is 4.79 Å². The van der Waals surface area contributed by atoms with E-state index in [1.54, 1.807) is 0 Å². The molecule has 6 heteroatoms. The van der Waals surface area contributed by atoms with Crippen LogP contribution in [0, 0.1) is 28.4 Å². The topological polar surface area (TPSA) is 104 Å². The summed E-state index contributed by atoms with van der Waals surface area (Å²) in [6.45, 7) is 1.53. The van der Waals surface area contributed by atoms with E-state index in [1.807, 2.05) is 0 Å². The Kier molecular flexibility index (Phi) is 2.67. The molecule has 0 amide bonds. The fourth-order valence-electron chi connectivity index (χ4n) is 1.20. The molecule has 0 atom stereocenters. The van der Waals surface area contributed by atoms with Gasteiger partial charge in [0.05, 0.1) is 10.5 Å². The van der Waals surface area contributed by atoms with Crippen LogP contribution in [0.15, 0.2) is 12.1 Å². The lowest BCUT2D eigenvalue weighted by atomic mass is 10.0. The van der Waals surface area contributed by atoms with Gasteiger partial charge in [0.15, 0.2) is 0 Å². The Balaban J connectivity index is 3.62. The number of carboxylic acid groups (broad SMARTS) is 1. The predicted octanol–water partition coefficient (Wildman–Crippen LogP) is 1.47.